The second-order valence-electron chi connectivity index (χ2n) is 8.75. The zero-order valence-corrected chi connectivity index (χ0v) is 21.1. The summed E-state index contributed by atoms with van der Waals surface area (Å²) in [6.07, 6.45) is 4.22. The number of thioether (sulfide) groups is 1. The van der Waals surface area contributed by atoms with Crippen LogP contribution < -0.4 is 10.7 Å². The van der Waals surface area contributed by atoms with Gasteiger partial charge in [-0.3, -0.25) is 9.59 Å². The van der Waals surface area contributed by atoms with Crippen molar-refractivity contribution in [1.82, 2.24) is 25.5 Å². The Bertz CT molecular complexity index is 1490. The van der Waals surface area contributed by atoms with Gasteiger partial charge in [0.2, 0.25) is 5.91 Å². The molecule has 0 aliphatic carbocycles. The largest absolute Gasteiger partial charge is 0.324 e. The highest BCUT2D eigenvalue weighted by molar-refractivity contribution is 8.05. The second kappa shape index (κ2) is 9.89. The quantitative estimate of drug-likeness (QED) is 0.370. The number of fused-ring (bicyclic) bond motifs is 1. The van der Waals surface area contributed by atoms with Gasteiger partial charge in [0.15, 0.2) is 5.50 Å². The lowest BCUT2D eigenvalue weighted by atomic mass is 10.1. The third-order valence-electron chi connectivity index (χ3n) is 6.23. The average molecular weight is 528 g/mol. The van der Waals surface area contributed by atoms with Crippen molar-refractivity contribution in [2.75, 3.05) is 0 Å². The Hall–Kier alpha value is -3.85. The number of benzene rings is 3. The number of rotatable bonds is 5. The molecule has 1 aromatic heterocycles. The number of nitrogens with one attached hydrogen (secondary N) is 2. The number of carbonyl (C=O) groups is 2. The molecule has 2 aliphatic heterocycles. The maximum atomic E-state index is 13.4. The van der Waals surface area contributed by atoms with Gasteiger partial charge in [0, 0.05) is 22.3 Å². The number of hydrogen-bond donors (Lipinski definition) is 2. The van der Waals surface area contributed by atoms with Crippen molar-refractivity contribution >= 4 is 41.3 Å². The Kier molecular flexibility index (Phi) is 6.30. The highest BCUT2D eigenvalue weighted by Crippen LogP contribution is 2.37. The van der Waals surface area contributed by atoms with Crippen molar-refractivity contribution in [3.63, 3.8) is 0 Å². The first-order chi connectivity index (χ1) is 18.0. The Balaban J connectivity index is 1.31. The summed E-state index contributed by atoms with van der Waals surface area (Å²) in [5.74, 6) is -0.326. The number of carbonyl (C=O) groups excluding carboxylic acids is 2. The highest BCUT2D eigenvalue weighted by atomic mass is 35.5. The molecular weight excluding hydrogens is 506 g/mol. The van der Waals surface area contributed by atoms with Crippen LogP contribution in [-0.2, 0) is 16.0 Å². The molecule has 2 aliphatic rings. The fourth-order valence-corrected chi connectivity index (χ4v) is 5.58. The summed E-state index contributed by atoms with van der Waals surface area (Å²) in [5, 5.41) is 9.93. The van der Waals surface area contributed by atoms with E-state index in [-0.39, 0.29) is 11.8 Å². The normalized spacial score (nSPS) is 20.2. The van der Waals surface area contributed by atoms with E-state index < -0.39 is 11.5 Å². The molecule has 0 saturated carbocycles. The molecule has 2 fully saturated rings. The summed E-state index contributed by atoms with van der Waals surface area (Å²) in [5.41, 5.74) is 6.94. The molecule has 2 unspecified atom stereocenters. The van der Waals surface area contributed by atoms with Gasteiger partial charge in [0.25, 0.3) is 5.91 Å². The van der Waals surface area contributed by atoms with Crippen molar-refractivity contribution in [2.24, 2.45) is 0 Å². The predicted molar refractivity (Wildman–Crippen MR) is 145 cm³/mol. The Morgan fingerprint density at radius 1 is 0.946 bits per heavy atom. The molecule has 0 bridgehead atoms. The van der Waals surface area contributed by atoms with Gasteiger partial charge in [0.1, 0.15) is 6.04 Å². The molecule has 0 spiro atoms. The van der Waals surface area contributed by atoms with Crippen LogP contribution in [0.4, 0.5) is 0 Å². The van der Waals surface area contributed by atoms with E-state index in [0.717, 1.165) is 28.1 Å². The maximum absolute atomic E-state index is 13.4. The van der Waals surface area contributed by atoms with Gasteiger partial charge in [-0.05, 0) is 42.3 Å². The minimum atomic E-state index is -0.534. The summed E-state index contributed by atoms with van der Waals surface area (Å²) in [4.78, 5) is 26.7. The summed E-state index contributed by atoms with van der Waals surface area (Å²) >= 11 is 7.41. The van der Waals surface area contributed by atoms with Gasteiger partial charge < -0.3 is 5.32 Å². The van der Waals surface area contributed by atoms with Crippen LogP contribution in [0.25, 0.3) is 23.0 Å². The first-order valence-electron chi connectivity index (χ1n) is 11.8. The maximum Gasteiger partial charge on any atom is 0.277 e. The fourth-order valence-electron chi connectivity index (χ4n) is 4.38. The lowest BCUT2D eigenvalue weighted by molar-refractivity contribution is -0.139. The monoisotopic (exact) mass is 527 g/mol. The highest BCUT2D eigenvalue weighted by Gasteiger charge is 2.43. The summed E-state index contributed by atoms with van der Waals surface area (Å²) in [6.45, 7) is 0. The van der Waals surface area contributed by atoms with E-state index in [2.05, 4.69) is 10.7 Å². The smallest absolute Gasteiger partial charge is 0.277 e. The number of aromatic nitrogens is 2. The minimum Gasteiger partial charge on any atom is -0.324 e. The first kappa shape index (κ1) is 23.5. The number of hydrogen-bond acceptors (Lipinski definition) is 5. The van der Waals surface area contributed by atoms with Gasteiger partial charge >= 0.3 is 0 Å². The van der Waals surface area contributed by atoms with Crippen LogP contribution in [0.15, 0.2) is 96.0 Å². The van der Waals surface area contributed by atoms with Crippen LogP contribution in [0.5, 0.6) is 0 Å². The molecule has 2 N–H and O–H groups in total. The molecule has 9 heteroatoms. The van der Waals surface area contributed by atoms with Crippen molar-refractivity contribution in [1.29, 1.82) is 0 Å². The minimum absolute atomic E-state index is 0.134. The van der Waals surface area contributed by atoms with E-state index in [0.29, 0.717) is 16.3 Å². The van der Waals surface area contributed by atoms with E-state index in [1.54, 1.807) is 4.68 Å². The molecule has 2 atom stereocenters. The third kappa shape index (κ3) is 4.79. The van der Waals surface area contributed by atoms with Crippen LogP contribution in [0.1, 0.15) is 11.1 Å². The topological polar surface area (TPSA) is 79.3 Å². The molecule has 37 heavy (non-hydrogen) atoms. The molecule has 2 amide bonds. The number of nitrogens with zero attached hydrogens (tertiary/aromatic N) is 3. The molecule has 6 rings (SSSR count). The molecule has 3 heterocycles. The standard InChI is InChI=1S/C28H22ClN5O2S/c29-21-13-11-19(12-14-21)25-20(17-33(32-25)22-9-5-2-6-10-22)16-24-27(36)34-28(37-24)30-26(35)23(31-34)15-18-7-3-1-4-8-18/h1-14,16-17,23,28,31H,15H2,(H,30,35)/b24-16-. The summed E-state index contributed by atoms with van der Waals surface area (Å²) in [6, 6.07) is 26.4. The van der Waals surface area contributed by atoms with E-state index in [1.165, 1.54) is 16.8 Å². The number of amides is 2. The van der Waals surface area contributed by atoms with Gasteiger partial charge in [0.05, 0.1) is 16.3 Å². The van der Waals surface area contributed by atoms with E-state index in [4.69, 9.17) is 16.7 Å². The van der Waals surface area contributed by atoms with E-state index in [1.807, 2.05) is 97.2 Å². The lowest BCUT2D eigenvalue weighted by Crippen LogP contribution is -2.65. The summed E-state index contributed by atoms with van der Waals surface area (Å²) < 4.78 is 1.80. The zero-order chi connectivity index (χ0) is 25.4. The predicted octanol–water partition coefficient (Wildman–Crippen LogP) is 4.64. The number of hydrazine groups is 1. The van der Waals surface area contributed by atoms with Crippen molar-refractivity contribution in [2.45, 2.75) is 18.0 Å². The molecule has 4 aromatic rings. The number of para-hydroxylation sites is 1. The Morgan fingerprint density at radius 3 is 2.38 bits per heavy atom. The molecule has 0 radical (unpaired) electrons. The van der Waals surface area contributed by atoms with Crippen molar-refractivity contribution in [3.8, 4) is 16.9 Å². The van der Waals surface area contributed by atoms with Crippen LogP contribution in [0.3, 0.4) is 0 Å². The van der Waals surface area contributed by atoms with Crippen molar-refractivity contribution in [3.05, 3.63) is 112 Å². The van der Waals surface area contributed by atoms with Gasteiger partial charge in [-0.15, -0.1) is 0 Å². The molecule has 7 nitrogen and oxygen atoms in total. The SMILES string of the molecule is O=C1NC2S/C(=C\c3cn(-c4ccccc4)nc3-c3ccc(Cl)cc3)C(=O)N2NC1Cc1ccccc1. The lowest BCUT2D eigenvalue weighted by Gasteiger charge is -2.34. The van der Waals surface area contributed by atoms with Crippen LogP contribution >= 0.6 is 23.4 Å². The van der Waals surface area contributed by atoms with Crippen LogP contribution in [-0.4, -0.2) is 38.1 Å². The van der Waals surface area contributed by atoms with Crippen LogP contribution in [0, 0.1) is 0 Å². The Morgan fingerprint density at radius 2 is 1.65 bits per heavy atom. The van der Waals surface area contributed by atoms with E-state index in [9.17, 15) is 9.59 Å². The Labute approximate surface area is 223 Å². The fraction of sp³-hybridized carbons (Fsp3) is 0.107. The van der Waals surface area contributed by atoms with Crippen LogP contribution in [0.2, 0.25) is 5.02 Å². The van der Waals surface area contributed by atoms with Gasteiger partial charge in [-0.2, -0.15) is 5.10 Å². The van der Waals surface area contributed by atoms with Gasteiger partial charge in [-0.1, -0.05) is 84.0 Å². The van der Waals surface area contributed by atoms with Gasteiger partial charge in [-0.25, -0.2) is 15.1 Å². The molecule has 184 valence electrons. The average Bonchev–Trinajstić information content (AvgIpc) is 3.47. The first-order valence-corrected chi connectivity index (χ1v) is 13.0. The van der Waals surface area contributed by atoms with E-state index >= 15 is 0 Å². The number of halogens is 1. The molecular formula is C28H22ClN5O2S. The summed E-state index contributed by atoms with van der Waals surface area (Å²) in [7, 11) is 0. The second-order valence-corrected chi connectivity index (χ2v) is 10.3. The molecule has 3 aromatic carbocycles. The molecule has 2 saturated heterocycles. The van der Waals surface area contributed by atoms with Crippen molar-refractivity contribution < 1.29 is 9.59 Å². The third-order valence-corrected chi connectivity index (χ3v) is 7.58. The zero-order valence-electron chi connectivity index (χ0n) is 19.5.